The molecule has 1 unspecified atom stereocenters. The molecule has 0 radical (unpaired) electrons. The van der Waals surface area contributed by atoms with E-state index in [2.05, 4.69) is 16.0 Å². The molecule has 0 saturated carbocycles. The summed E-state index contributed by atoms with van der Waals surface area (Å²) in [6, 6.07) is 14.3. The second-order valence-electron chi connectivity index (χ2n) is 7.39. The van der Waals surface area contributed by atoms with Crippen LogP contribution >= 0.6 is 22.9 Å². The Morgan fingerprint density at radius 3 is 2.59 bits per heavy atom. The van der Waals surface area contributed by atoms with Gasteiger partial charge >= 0.3 is 0 Å². The molecule has 1 aliphatic rings. The molecule has 4 rings (SSSR count). The molecule has 2 amide bonds. The van der Waals surface area contributed by atoms with Gasteiger partial charge in [0.15, 0.2) is 9.84 Å². The number of benzene rings is 2. The molecule has 0 aliphatic carbocycles. The predicted octanol–water partition coefficient (Wildman–Crippen LogP) is 3.68. The Labute approximate surface area is 194 Å². The Bertz CT molecular complexity index is 1240. The largest absolute Gasteiger partial charge is 0.371 e. The number of rotatable bonds is 7. The number of sulfone groups is 1. The van der Waals surface area contributed by atoms with Gasteiger partial charge in [-0.15, -0.1) is 11.3 Å². The third-order valence-corrected chi connectivity index (χ3v) is 7.65. The number of thiophene rings is 1. The summed E-state index contributed by atoms with van der Waals surface area (Å²) in [5.74, 6) is -1.27. The molecule has 1 atom stereocenters. The van der Waals surface area contributed by atoms with Crippen molar-refractivity contribution in [2.75, 3.05) is 16.4 Å². The summed E-state index contributed by atoms with van der Waals surface area (Å²) in [4.78, 5) is 26.0. The van der Waals surface area contributed by atoms with Crippen molar-refractivity contribution in [2.45, 2.75) is 18.3 Å². The Morgan fingerprint density at radius 1 is 1.09 bits per heavy atom. The van der Waals surface area contributed by atoms with E-state index in [0.717, 1.165) is 4.88 Å². The Morgan fingerprint density at radius 2 is 1.88 bits per heavy atom. The first-order chi connectivity index (χ1) is 15.3. The van der Waals surface area contributed by atoms with Crippen LogP contribution in [0.5, 0.6) is 0 Å². The Kier molecular flexibility index (Phi) is 6.50. The first-order valence-corrected chi connectivity index (χ1v) is 12.8. The monoisotopic (exact) mass is 489 g/mol. The highest BCUT2D eigenvalue weighted by atomic mass is 35.5. The van der Waals surface area contributed by atoms with E-state index >= 15 is 0 Å². The van der Waals surface area contributed by atoms with Gasteiger partial charge in [-0.1, -0.05) is 29.8 Å². The molecule has 2 aromatic carbocycles. The highest BCUT2D eigenvalue weighted by molar-refractivity contribution is 7.90. The number of hydrogen-bond acceptors (Lipinski definition) is 6. The van der Waals surface area contributed by atoms with Crippen LogP contribution in [0.15, 0.2) is 60.0 Å². The molecule has 2 heterocycles. The fraction of sp³-hybridized carbons (Fsp3) is 0.182. The van der Waals surface area contributed by atoms with Gasteiger partial charge in [0.25, 0.3) is 5.91 Å². The quantitative estimate of drug-likeness (QED) is 0.469. The van der Waals surface area contributed by atoms with E-state index in [4.69, 9.17) is 11.6 Å². The van der Waals surface area contributed by atoms with Gasteiger partial charge in [0, 0.05) is 15.5 Å². The summed E-state index contributed by atoms with van der Waals surface area (Å²) in [7, 11) is -3.56. The van der Waals surface area contributed by atoms with Crippen molar-refractivity contribution in [1.29, 1.82) is 0 Å². The van der Waals surface area contributed by atoms with Gasteiger partial charge < -0.3 is 16.0 Å². The summed E-state index contributed by atoms with van der Waals surface area (Å²) in [6.07, 6.45) is 0. The van der Waals surface area contributed by atoms with E-state index in [0.29, 0.717) is 34.1 Å². The molecular weight excluding hydrogens is 470 g/mol. The molecule has 166 valence electrons. The molecule has 0 fully saturated rings. The number of carbonyl (C=O) groups excluding carboxylic acids is 2. The topological polar surface area (TPSA) is 104 Å². The Hall–Kier alpha value is -2.88. The van der Waals surface area contributed by atoms with Gasteiger partial charge in [0.2, 0.25) is 5.91 Å². The zero-order chi connectivity index (χ0) is 22.7. The van der Waals surface area contributed by atoms with Crippen LogP contribution in [0.4, 0.5) is 11.4 Å². The minimum absolute atomic E-state index is 0.189. The van der Waals surface area contributed by atoms with Crippen molar-refractivity contribution in [1.82, 2.24) is 5.32 Å². The summed E-state index contributed by atoms with van der Waals surface area (Å²) in [5, 5.41) is 11.0. The van der Waals surface area contributed by atoms with Gasteiger partial charge in [-0.3, -0.25) is 9.59 Å². The smallest absolute Gasteiger partial charge is 0.251 e. The second kappa shape index (κ2) is 9.32. The maximum absolute atomic E-state index is 12.6. The van der Waals surface area contributed by atoms with Crippen LogP contribution in [0.1, 0.15) is 20.8 Å². The first kappa shape index (κ1) is 22.3. The maximum atomic E-state index is 12.6. The van der Waals surface area contributed by atoms with Crippen LogP contribution in [0.25, 0.3) is 0 Å². The van der Waals surface area contributed by atoms with Crippen LogP contribution in [0.3, 0.4) is 0 Å². The molecular formula is C22H20ClN3O4S2. The number of hydrogen-bond donors (Lipinski definition) is 3. The van der Waals surface area contributed by atoms with Crippen molar-refractivity contribution in [2.24, 2.45) is 0 Å². The molecule has 0 bridgehead atoms. The lowest BCUT2D eigenvalue weighted by Crippen LogP contribution is -2.43. The fourth-order valence-electron chi connectivity index (χ4n) is 3.34. The van der Waals surface area contributed by atoms with Crippen LogP contribution in [-0.2, 0) is 26.9 Å². The lowest BCUT2D eigenvalue weighted by atomic mass is 10.1. The first-order valence-electron chi connectivity index (χ1n) is 9.76. The average Bonchev–Trinajstić information content (AvgIpc) is 3.27. The predicted molar refractivity (Wildman–Crippen MR) is 127 cm³/mol. The van der Waals surface area contributed by atoms with E-state index in [1.165, 1.54) is 0 Å². The number of amides is 2. The molecule has 1 aromatic heterocycles. The Balaban J connectivity index is 1.41. The minimum Gasteiger partial charge on any atom is -0.371 e. The fourth-order valence-corrected chi connectivity index (χ4v) is 5.67. The lowest BCUT2D eigenvalue weighted by Gasteiger charge is -2.27. The average molecular weight is 490 g/mol. The van der Waals surface area contributed by atoms with E-state index < -0.39 is 21.8 Å². The maximum Gasteiger partial charge on any atom is 0.251 e. The van der Waals surface area contributed by atoms with Crippen molar-refractivity contribution in [3.63, 3.8) is 0 Å². The van der Waals surface area contributed by atoms with Crippen molar-refractivity contribution in [3.05, 3.63) is 81.0 Å². The van der Waals surface area contributed by atoms with Gasteiger partial charge in [-0.25, -0.2) is 8.42 Å². The van der Waals surface area contributed by atoms with E-state index in [1.54, 1.807) is 53.8 Å². The van der Waals surface area contributed by atoms with E-state index in [9.17, 15) is 18.0 Å². The number of fused-ring (bicyclic) bond motifs is 1. The summed E-state index contributed by atoms with van der Waals surface area (Å²) in [6.45, 7) is 0.422. The molecule has 3 aromatic rings. The molecule has 32 heavy (non-hydrogen) atoms. The number of anilines is 2. The van der Waals surface area contributed by atoms with Gasteiger partial charge in [0.05, 0.1) is 29.4 Å². The van der Waals surface area contributed by atoms with Gasteiger partial charge in [-0.05, 0) is 47.3 Å². The lowest BCUT2D eigenvalue weighted by molar-refractivity contribution is -0.116. The highest BCUT2D eigenvalue weighted by Gasteiger charge is 2.30. The van der Waals surface area contributed by atoms with Crippen LogP contribution in [-0.4, -0.2) is 32.0 Å². The van der Waals surface area contributed by atoms with E-state index in [-0.39, 0.29) is 17.4 Å². The third-order valence-electron chi connectivity index (χ3n) is 4.91. The SMILES string of the molecule is O=C(NCc1cccs1)c1ccc2c(c1)NC(=O)C(CS(=O)(=O)Cc1ccc(Cl)cc1)N2. The van der Waals surface area contributed by atoms with Crippen LogP contribution < -0.4 is 16.0 Å². The van der Waals surface area contributed by atoms with Crippen molar-refractivity contribution >= 4 is 56.0 Å². The molecule has 1 aliphatic heterocycles. The van der Waals surface area contributed by atoms with Crippen LogP contribution in [0.2, 0.25) is 5.02 Å². The third kappa shape index (κ3) is 5.48. The summed E-state index contributed by atoms with van der Waals surface area (Å²) < 4.78 is 25.2. The molecule has 0 spiro atoms. The van der Waals surface area contributed by atoms with Gasteiger partial charge in [0.1, 0.15) is 6.04 Å². The van der Waals surface area contributed by atoms with E-state index in [1.807, 2.05) is 17.5 Å². The molecule has 7 nitrogen and oxygen atoms in total. The number of nitrogens with one attached hydrogen (secondary N) is 3. The standard InChI is InChI=1S/C22H20ClN3O4S2/c23-16-6-3-14(4-7-16)12-32(29,30)13-20-22(28)26-19-10-15(5-8-18(19)25-20)21(27)24-11-17-2-1-9-31-17/h1-10,20,25H,11-13H2,(H,24,27)(H,26,28). The number of halogens is 1. The van der Waals surface area contributed by atoms with Crippen LogP contribution in [0, 0.1) is 0 Å². The molecule has 10 heteroatoms. The summed E-state index contributed by atoms with van der Waals surface area (Å²) >= 11 is 7.39. The zero-order valence-corrected chi connectivity index (χ0v) is 19.2. The summed E-state index contributed by atoms with van der Waals surface area (Å²) in [5.41, 5.74) is 2.00. The van der Waals surface area contributed by atoms with Crippen molar-refractivity contribution in [3.8, 4) is 0 Å². The van der Waals surface area contributed by atoms with Crippen molar-refractivity contribution < 1.29 is 18.0 Å². The number of carbonyl (C=O) groups is 2. The zero-order valence-electron chi connectivity index (χ0n) is 16.8. The molecule has 3 N–H and O–H groups in total. The normalized spacial score (nSPS) is 15.4. The van der Waals surface area contributed by atoms with Gasteiger partial charge in [-0.2, -0.15) is 0 Å². The molecule has 0 saturated heterocycles. The second-order valence-corrected chi connectivity index (χ2v) is 11.0. The minimum atomic E-state index is -3.56. The highest BCUT2D eigenvalue weighted by Crippen LogP contribution is 2.28.